The third-order valence-electron chi connectivity index (χ3n) is 3.16. The van der Waals surface area contributed by atoms with E-state index < -0.39 is 4.92 Å². The molecule has 1 N–H and O–H groups in total. The van der Waals surface area contributed by atoms with Crippen molar-refractivity contribution in [1.82, 2.24) is 5.32 Å². The minimum Gasteiger partial charge on any atom is -0.485 e. The highest BCUT2D eigenvalue weighted by atomic mass is 16.6. The predicted octanol–water partition coefficient (Wildman–Crippen LogP) is 2.42. The molecule has 0 aliphatic carbocycles. The number of nitrogens with one attached hydrogen (secondary N) is 1. The SMILES string of the molecule is Cc1ccc(OCC2CCCCN2)c([N+](=O)[O-])c1. The zero-order valence-electron chi connectivity index (χ0n) is 10.5. The molecule has 5 nitrogen and oxygen atoms in total. The number of aryl methyl sites for hydroxylation is 1. The van der Waals surface area contributed by atoms with Crippen LogP contribution in [0.4, 0.5) is 5.69 Å². The molecule has 1 aliphatic rings. The highest BCUT2D eigenvalue weighted by Crippen LogP contribution is 2.28. The van der Waals surface area contributed by atoms with E-state index >= 15 is 0 Å². The van der Waals surface area contributed by atoms with Crippen LogP contribution in [0.15, 0.2) is 18.2 Å². The Bertz CT molecular complexity index is 428. The van der Waals surface area contributed by atoms with E-state index in [1.807, 2.05) is 13.0 Å². The van der Waals surface area contributed by atoms with Crippen LogP contribution < -0.4 is 10.1 Å². The number of rotatable bonds is 4. The van der Waals surface area contributed by atoms with Gasteiger partial charge in [-0.05, 0) is 37.9 Å². The van der Waals surface area contributed by atoms with Crippen LogP contribution in [0.1, 0.15) is 24.8 Å². The van der Waals surface area contributed by atoms with Crippen molar-refractivity contribution in [1.29, 1.82) is 0 Å². The average molecular weight is 250 g/mol. The maximum Gasteiger partial charge on any atom is 0.311 e. The normalized spacial score (nSPS) is 19.5. The first-order chi connectivity index (χ1) is 8.66. The van der Waals surface area contributed by atoms with Crippen LogP contribution in [-0.4, -0.2) is 24.1 Å². The van der Waals surface area contributed by atoms with E-state index in [0.717, 1.165) is 18.5 Å². The summed E-state index contributed by atoms with van der Waals surface area (Å²) in [6.45, 7) is 3.33. The van der Waals surface area contributed by atoms with Crippen molar-refractivity contribution in [3.63, 3.8) is 0 Å². The van der Waals surface area contributed by atoms with Gasteiger partial charge in [-0.25, -0.2) is 0 Å². The summed E-state index contributed by atoms with van der Waals surface area (Å²) >= 11 is 0. The molecule has 0 amide bonds. The second-order valence-corrected chi connectivity index (χ2v) is 4.69. The van der Waals surface area contributed by atoms with Crippen LogP contribution in [-0.2, 0) is 0 Å². The second-order valence-electron chi connectivity index (χ2n) is 4.69. The summed E-state index contributed by atoms with van der Waals surface area (Å²) in [5.74, 6) is 0.359. The summed E-state index contributed by atoms with van der Waals surface area (Å²) in [6.07, 6.45) is 3.46. The van der Waals surface area contributed by atoms with Gasteiger partial charge in [0.1, 0.15) is 6.61 Å². The molecule has 0 radical (unpaired) electrons. The zero-order chi connectivity index (χ0) is 13.0. The van der Waals surface area contributed by atoms with E-state index in [1.165, 1.54) is 12.8 Å². The summed E-state index contributed by atoms with van der Waals surface area (Å²) in [5, 5.41) is 14.3. The average Bonchev–Trinajstić information content (AvgIpc) is 2.38. The molecule has 0 spiro atoms. The van der Waals surface area contributed by atoms with Crippen molar-refractivity contribution in [2.45, 2.75) is 32.2 Å². The van der Waals surface area contributed by atoms with E-state index in [0.29, 0.717) is 18.4 Å². The van der Waals surface area contributed by atoms with Gasteiger partial charge < -0.3 is 10.1 Å². The fraction of sp³-hybridized carbons (Fsp3) is 0.538. The molecular weight excluding hydrogens is 232 g/mol. The van der Waals surface area contributed by atoms with Gasteiger partial charge in [-0.1, -0.05) is 12.5 Å². The lowest BCUT2D eigenvalue weighted by Crippen LogP contribution is -2.38. The molecule has 18 heavy (non-hydrogen) atoms. The smallest absolute Gasteiger partial charge is 0.311 e. The van der Waals surface area contributed by atoms with Gasteiger partial charge in [0.25, 0.3) is 0 Å². The monoisotopic (exact) mass is 250 g/mol. The number of piperidine rings is 1. The van der Waals surface area contributed by atoms with Gasteiger partial charge >= 0.3 is 5.69 Å². The minimum absolute atomic E-state index is 0.0470. The molecule has 1 unspecified atom stereocenters. The molecule has 1 fully saturated rings. The van der Waals surface area contributed by atoms with Gasteiger partial charge in [0.05, 0.1) is 4.92 Å². The first-order valence-electron chi connectivity index (χ1n) is 6.28. The summed E-state index contributed by atoms with van der Waals surface area (Å²) in [7, 11) is 0. The van der Waals surface area contributed by atoms with Gasteiger partial charge in [-0.2, -0.15) is 0 Å². The van der Waals surface area contributed by atoms with Crippen LogP contribution in [0.25, 0.3) is 0 Å². The molecule has 98 valence electrons. The van der Waals surface area contributed by atoms with Crippen LogP contribution in [0.5, 0.6) is 5.75 Å². The number of nitrogens with zero attached hydrogens (tertiary/aromatic N) is 1. The van der Waals surface area contributed by atoms with E-state index in [2.05, 4.69) is 5.32 Å². The first kappa shape index (κ1) is 12.8. The molecule has 0 bridgehead atoms. The quantitative estimate of drug-likeness (QED) is 0.658. The third kappa shape index (κ3) is 3.20. The van der Waals surface area contributed by atoms with Crippen LogP contribution in [0, 0.1) is 17.0 Å². The molecule has 2 rings (SSSR count). The highest BCUT2D eigenvalue weighted by molar-refractivity contribution is 5.48. The number of hydrogen-bond donors (Lipinski definition) is 1. The predicted molar refractivity (Wildman–Crippen MR) is 69.0 cm³/mol. The largest absolute Gasteiger partial charge is 0.485 e. The Morgan fingerprint density at radius 1 is 1.50 bits per heavy atom. The van der Waals surface area contributed by atoms with Gasteiger partial charge in [0.2, 0.25) is 0 Å². The molecule has 1 aliphatic heterocycles. The van der Waals surface area contributed by atoms with E-state index in [4.69, 9.17) is 4.74 Å². The maximum atomic E-state index is 10.9. The Morgan fingerprint density at radius 3 is 3.00 bits per heavy atom. The van der Waals surface area contributed by atoms with Gasteiger partial charge in [-0.15, -0.1) is 0 Å². The lowest BCUT2D eigenvalue weighted by molar-refractivity contribution is -0.385. The standard InChI is InChI=1S/C13H18N2O3/c1-10-5-6-13(12(8-10)15(16)17)18-9-11-4-2-3-7-14-11/h5-6,8,11,14H,2-4,7,9H2,1H3. The molecule has 0 aromatic heterocycles. The zero-order valence-corrected chi connectivity index (χ0v) is 10.5. The lowest BCUT2D eigenvalue weighted by Gasteiger charge is -2.23. The number of hydrogen-bond acceptors (Lipinski definition) is 4. The number of ether oxygens (including phenoxy) is 1. The molecule has 1 aromatic carbocycles. The summed E-state index contributed by atoms with van der Waals surface area (Å²) in [6, 6.07) is 5.36. The summed E-state index contributed by atoms with van der Waals surface area (Å²) in [4.78, 5) is 10.5. The molecular formula is C13H18N2O3. The fourth-order valence-corrected chi connectivity index (χ4v) is 2.15. The summed E-state index contributed by atoms with van der Waals surface area (Å²) in [5.41, 5.74) is 0.913. The number of benzene rings is 1. The fourth-order valence-electron chi connectivity index (χ4n) is 2.15. The van der Waals surface area contributed by atoms with E-state index in [-0.39, 0.29) is 5.69 Å². The summed E-state index contributed by atoms with van der Waals surface area (Å²) < 4.78 is 5.59. The molecule has 5 heteroatoms. The van der Waals surface area contributed by atoms with Gasteiger partial charge in [0, 0.05) is 12.1 Å². The number of nitro benzene ring substituents is 1. The Labute approximate surface area is 106 Å². The van der Waals surface area contributed by atoms with Crippen molar-refractivity contribution < 1.29 is 9.66 Å². The van der Waals surface area contributed by atoms with E-state index in [9.17, 15) is 10.1 Å². The second kappa shape index (κ2) is 5.82. The topological polar surface area (TPSA) is 64.4 Å². The van der Waals surface area contributed by atoms with Crippen LogP contribution in [0.3, 0.4) is 0 Å². The minimum atomic E-state index is -0.392. The molecule has 1 heterocycles. The maximum absolute atomic E-state index is 10.9. The van der Waals surface area contributed by atoms with E-state index in [1.54, 1.807) is 12.1 Å². The molecule has 1 aromatic rings. The Balaban J connectivity index is 2.01. The Kier molecular flexibility index (Phi) is 4.15. The van der Waals surface area contributed by atoms with Crippen molar-refractivity contribution in [2.24, 2.45) is 0 Å². The van der Waals surface area contributed by atoms with Crippen LogP contribution >= 0.6 is 0 Å². The molecule has 0 saturated carbocycles. The lowest BCUT2D eigenvalue weighted by atomic mass is 10.1. The van der Waals surface area contributed by atoms with Crippen molar-refractivity contribution in [3.05, 3.63) is 33.9 Å². The van der Waals surface area contributed by atoms with Gasteiger partial charge in [0.15, 0.2) is 5.75 Å². The van der Waals surface area contributed by atoms with Crippen LogP contribution in [0.2, 0.25) is 0 Å². The number of nitro groups is 1. The molecule has 1 atom stereocenters. The van der Waals surface area contributed by atoms with Crippen molar-refractivity contribution in [2.75, 3.05) is 13.2 Å². The van der Waals surface area contributed by atoms with Gasteiger partial charge in [-0.3, -0.25) is 10.1 Å². The Hall–Kier alpha value is -1.62. The third-order valence-corrected chi connectivity index (χ3v) is 3.16. The van der Waals surface area contributed by atoms with Crippen molar-refractivity contribution >= 4 is 5.69 Å². The van der Waals surface area contributed by atoms with Crippen molar-refractivity contribution in [3.8, 4) is 5.75 Å². The highest BCUT2D eigenvalue weighted by Gasteiger charge is 2.18. The molecule has 1 saturated heterocycles. The Morgan fingerprint density at radius 2 is 2.33 bits per heavy atom. The first-order valence-corrected chi connectivity index (χ1v) is 6.28.